The predicted octanol–water partition coefficient (Wildman–Crippen LogP) is 1.37. The van der Waals surface area contributed by atoms with Gasteiger partial charge in [0.15, 0.2) is 0 Å². The molecule has 0 unspecified atom stereocenters. The Bertz CT molecular complexity index is 427. The average Bonchev–Trinajstić information content (AvgIpc) is 2.27. The SMILES string of the molecule is Cc1nc2c(nc1C(=O)N(C)C)CCCC2. The van der Waals surface area contributed by atoms with Crippen molar-refractivity contribution in [1.82, 2.24) is 14.9 Å². The summed E-state index contributed by atoms with van der Waals surface area (Å²) in [7, 11) is 3.48. The molecule has 1 aromatic heterocycles. The van der Waals surface area contributed by atoms with Crippen LogP contribution in [0, 0.1) is 6.92 Å². The number of carbonyl (C=O) groups is 1. The van der Waals surface area contributed by atoms with Gasteiger partial charge in [0.25, 0.3) is 5.91 Å². The van der Waals surface area contributed by atoms with E-state index in [1.807, 2.05) is 6.92 Å². The van der Waals surface area contributed by atoms with Crippen molar-refractivity contribution < 1.29 is 4.79 Å². The van der Waals surface area contributed by atoms with Crippen molar-refractivity contribution in [1.29, 1.82) is 0 Å². The number of fused-ring (bicyclic) bond motifs is 1. The summed E-state index contributed by atoms with van der Waals surface area (Å²) in [5.74, 6) is -0.0571. The number of hydrogen-bond donors (Lipinski definition) is 0. The van der Waals surface area contributed by atoms with Gasteiger partial charge >= 0.3 is 0 Å². The second-order valence-corrected chi connectivity index (χ2v) is 4.46. The Hall–Kier alpha value is -1.45. The highest BCUT2D eigenvalue weighted by molar-refractivity contribution is 5.92. The van der Waals surface area contributed by atoms with E-state index in [0.29, 0.717) is 5.69 Å². The summed E-state index contributed by atoms with van der Waals surface area (Å²) in [5.41, 5.74) is 3.35. The van der Waals surface area contributed by atoms with E-state index in [4.69, 9.17) is 0 Å². The molecule has 1 amide bonds. The third-order valence-corrected chi connectivity index (χ3v) is 2.91. The van der Waals surface area contributed by atoms with E-state index in [9.17, 15) is 4.79 Å². The molecule has 4 nitrogen and oxygen atoms in total. The Morgan fingerprint density at radius 3 is 2.25 bits per heavy atom. The van der Waals surface area contributed by atoms with Gasteiger partial charge in [-0.2, -0.15) is 0 Å². The van der Waals surface area contributed by atoms with Crippen LogP contribution in [0.1, 0.15) is 40.4 Å². The summed E-state index contributed by atoms with van der Waals surface area (Å²) in [4.78, 5) is 22.4. The van der Waals surface area contributed by atoms with Crippen LogP contribution in [0.25, 0.3) is 0 Å². The molecule has 0 spiro atoms. The molecule has 1 aliphatic rings. The Morgan fingerprint density at radius 1 is 1.12 bits per heavy atom. The largest absolute Gasteiger partial charge is 0.343 e. The van der Waals surface area contributed by atoms with E-state index in [1.165, 1.54) is 6.42 Å². The highest BCUT2D eigenvalue weighted by atomic mass is 16.2. The minimum absolute atomic E-state index is 0.0571. The van der Waals surface area contributed by atoms with E-state index >= 15 is 0 Å². The van der Waals surface area contributed by atoms with Crippen LogP contribution in [0.3, 0.4) is 0 Å². The highest BCUT2D eigenvalue weighted by Crippen LogP contribution is 2.19. The van der Waals surface area contributed by atoms with Crippen molar-refractivity contribution in [2.24, 2.45) is 0 Å². The van der Waals surface area contributed by atoms with Crippen LogP contribution >= 0.6 is 0 Å². The van der Waals surface area contributed by atoms with E-state index in [1.54, 1.807) is 19.0 Å². The molecule has 0 fully saturated rings. The first-order valence-electron chi connectivity index (χ1n) is 5.67. The molecule has 0 bridgehead atoms. The number of hydrogen-bond acceptors (Lipinski definition) is 3. The second-order valence-electron chi connectivity index (χ2n) is 4.46. The zero-order valence-electron chi connectivity index (χ0n) is 10.1. The Balaban J connectivity index is 2.43. The molecule has 1 aromatic rings. The summed E-state index contributed by atoms with van der Waals surface area (Å²) >= 11 is 0. The smallest absolute Gasteiger partial charge is 0.273 e. The quantitative estimate of drug-likeness (QED) is 0.716. The van der Waals surface area contributed by atoms with Crippen molar-refractivity contribution in [2.75, 3.05) is 14.1 Å². The molecular weight excluding hydrogens is 202 g/mol. The molecule has 0 aromatic carbocycles. The fourth-order valence-corrected chi connectivity index (χ4v) is 2.00. The first-order valence-corrected chi connectivity index (χ1v) is 5.67. The van der Waals surface area contributed by atoms with Gasteiger partial charge in [-0.3, -0.25) is 9.78 Å². The molecule has 2 rings (SSSR count). The summed E-state index contributed by atoms with van der Waals surface area (Å²) in [6, 6.07) is 0. The third-order valence-electron chi connectivity index (χ3n) is 2.91. The predicted molar refractivity (Wildman–Crippen MR) is 61.4 cm³/mol. The van der Waals surface area contributed by atoms with Gasteiger partial charge in [0.1, 0.15) is 5.69 Å². The van der Waals surface area contributed by atoms with Gasteiger partial charge in [0, 0.05) is 14.1 Å². The lowest BCUT2D eigenvalue weighted by Crippen LogP contribution is -2.25. The minimum Gasteiger partial charge on any atom is -0.343 e. The molecule has 0 aliphatic heterocycles. The lowest BCUT2D eigenvalue weighted by molar-refractivity contribution is 0.0820. The monoisotopic (exact) mass is 219 g/mol. The second kappa shape index (κ2) is 4.20. The normalized spacial score (nSPS) is 14.4. The van der Waals surface area contributed by atoms with Crippen LogP contribution < -0.4 is 0 Å². The number of aromatic nitrogens is 2. The van der Waals surface area contributed by atoms with Crippen molar-refractivity contribution in [3.63, 3.8) is 0 Å². The molecule has 0 atom stereocenters. The van der Waals surface area contributed by atoms with Crippen molar-refractivity contribution in [2.45, 2.75) is 32.6 Å². The molecule has 16 heavy (non-hydrogen) atoms. The van der Waals surface area contributed by atoms with E-state index in [-0.39, 0.29) is 5.91 Å². The van der Waals surface area contributed by atoms with Crippen molar-refractivity contribution in [3.8, 4) is 0 Å². The molecule has 1 aliphatic carbocycles. The standard InChI is InChI=1S/C12H17N3O/c1-8-11(12(16)15(2)3)14-10-7-5-4-6-9(10)13-8/h4-7H2,1-3H3. The van der Waals surface area contributed by atoms with Crippen LogP contribution in [0.4, 0.5) is 0 Å². The van der Waals surface area contributed by atoms with E-state index in [0.717, 1.165) is 36.3 Å². The fourth-order valence-electron chi connectivity index (χ4n) is 2.00. The summed E-state index contributed by atoms with van der Waals surface area (Å²) in [6.45, 7) is 1.86. The fraction of sp³-hybridized carbons (Fsp3) is 0.583. The van der Waals surface area contributed by atoms with E-state index < -0.39 is 0 Å². The van der Waals surface area contributed by atoms with Crippen LogP contribution in [0.15, 0.2) is 0 Å². The van der Waals surface area contributed by atoms with Crippen LogP contribution in [0.2, 0.25) is 0 Å². The molecule has 1 heterocycles. The zero-order valence-corrected chi connectivity index (χ0v) is 10.1. The molecule has 0 N–H and O–H groups in total. The Morgan fingerprint density at radius 2 is 1.69 bits per heavy atom. The summed E-state index contributed by atoms with van der Waals surface area (Å²) in [6.07, 6.45) is 4.29. The molecule has 4 heteroatoms. The maximum absolute atomic E-state index is 11.9. The Labute approximate surface area is 95.7 Å². The van der Waals surface area contributed by atoms with Crippen LogP contribution in [0.5, 0.6) is 0 Å². The van der Waals surface area contributed by atoms with Gasteiger partial charge < -0.3 is 4.90 Å². The highest BCUT2D eigenvalue weighted by Gasteiger charge is 2.19. The average molecular weight is 219 g/mol. The summed E-state index contributed by atoms with van der Waals surface area (Å²) < 4.78 is 0. The summed E-state index contributed by atoms with van der Waals surface area (Å²) in [5, 5.41) is 0. The van der Waals surface area contributed by atoms with Gasteiger partial charge in [0.2, 0.25) is 0 Å². The molecule has 0 radical (unpaired) electrons. The lowest BCUT2D eigenvalue weighted by Gasteiger charge is -2.17. The zero-order chi connectivity index (χ0) is 11.7. The first-order chi connectivity index (χ1) is 7.59. The minimum atomic E-state index is -0.0571. The molecule has 0 saturated heterocycles. The first kappa shape index (κ1) is 11.0. The number of aryl methyl sites for hydroxylation is 3. The third kappa shape index (κ3) is 1.92. The maximum Gasteiger partial charge on any atom is 0.273 e. The van der Waals surface area contributed by atoms with E-state index in [2.05, 4.69) is 9.97 Å². The van der Waals surface area contributed by atoms with Gasteiger partial charge in [-0.15, -0.1) is 0 Å². The molecule has 0 saturated carbocycles. The number of rotatable bonds is 1. The van der Waals surface area contributed by atoms with Gasteiger partial charge in [-0.25, -0.2) is 4.98 Å². The molecular formula is C12H17N3O. The van der Waals surface area contributed by atoms with Gasteiger partial charge in [0.05, 0.1) is 17.1 Å². The van der Waals surface area contributed by atoms with Crippen LogP contribution in [-0.4, -0.2) is 34.9 Å². The van der Waals surface area contributed by atoms with Crippen molar-refractivity contribution in [3.05, 3.63) is 22.8 Å². The lowest BCUT2D eigenvalue weighted by atomic mass is 10.00. The van der Waals surface area contributed by atoms with Crippen molar-refractivity contribution >= 4 is 5.91 Å². The number of amides is 1. The molecule has 86 valence electrons. The van der Waals surface area contributed by atoms with Gasteiger partial charge in [-0.1, -0.05) is 0 Å². The van der Waals surface area contributed by atoms with Crippen LogP contribution in [-0.2, 0) is 12.8 Å². The van der Waals surface area contributed by atoms with Gasteiger partial charge in [-0.05, 0) is 32.6 Å². The Kier molecular flexibility index (Phi) is 2.90. The number of nitrogens with zero attached hydrogens (tertiary/aromatic N) is 3. The topological polar surface area (TPSA) is 46.1 Å². The number of carbonyl (C=O) groups excluding carboxylic acids is 1. The maximum atomic E-state index is 11.9.